The van der Waals surface area contributed by atoms with E-state index in [0.29, 0.717) is 11.4 Å². The minimum Gasteiger partial charge on any atom is -0.370 e. The summed E-state index contributed by atoms with van der Waals surface area (Å²) in [6.07, 6.45) is 2.54. The number of aromatic nitrogens is 1. The number of aryl methyl sites for hydroxylation is 1. The van der Waals surface area contributed by atoms with Crippen LogP contribution in [0.1, 0.15) is 12.0 Å². The van der Waals surface area contributed by atoms with Crippen molar-refractivity contribution in [3.63, 3.8) is 0 Å². The van der Waals surface area contributed by atoms with Crippen LogP contribution in [0.25, 0.3) is 0 Å². The second-order valence-electron chi connectivity index (χ2n) is 4.99. The number of hydrogen-bond donors (Lipinski definition) is 2. The van der Waals surface area contributed by atoms with Crippen LogP contribution in [0.3, 0.4) is 0 Å². The molecule has 0 unspecified atom stereocenters. The van der Waals surface area contributed by atoms with Crippen molar-refractivity contribution in [1.29, 1.82) is 0 Å². The van der Waals surface area contributed by atoms with Gasteiger partial charge in [-0.3, -0.25) is 10.1 Å². The lowest BCUT2D eigenvalue weighted by Gasteiger charge is -2.27. The highest BCUT2D eigenvalue weighted by atomic mass is 16.6. The minimum absolute atomic E-state index is 0.115. The molecule has 7 heteroatoms. The van der Waals surface area contributed by atoms with Gasteiger partial charge in [-0.2, -0.15) is 0 Å². The fourth-order valence-corrected chi connectivity index (χ4v) is 2.26. The third kappa shape index (κ3) is 4.14. The summed E-state index contributed by atoms with van der Waals surface area (Å²) >= 11 is 0. The van der Waals surface area contributed by atoms with E-state index in [1.807, 2.05) is 0 Å². The van der Waals surface area contributed by atoms with Crippen LogP contribution in [0.15, 0.2) is 12.3 Å². The van der Waals surface area contributed by atoms with Crippen molar-refractivity contribution in [1.82, 2.24) is 15.2 Å². The van der Waals surface area contributed by atoms with Gasteiger partial charge in [-0.1, -0.05) is 0 Å². The Morgan fingerprint density at radius 1 is 1.50 bits per heavy atom. The Morgan fingerprint density at radius 2 is 2.25 bits per heavy atom. The van der Waals surface area contributed by atoms with Crippen molar-refractivity contribution in [2.24, 2.45) is 0 Å². The van der Waals surface area contributed by atoms with Gasteiger partial charge in [-0.15, -0.1) is 0 Å². The van der Waals surface area contributed by atoms with Gasteiger partial charge in [0.1, 0.15) is 5.82 Å². The molecule has 0 saturated carbocycles. The van der Waals surface area contributed by atoms with E-state index in [1.54, 1.807) is 6.92 Å². The Labute approximate surface area is 118 Å². The molecule has 0 bridgehead atoms. The molecular weight excluding hydrogens is 258 g/mol. The molecule has 1 saturated heterocycles. The Bertz CT molecular complexity index is 460. The quantitative estimate of drug-likeness (QED) is 0.459. The molecular formula is C13H21N5O2. The first-order valence-electron chi connectivity index (χ1n) is 6.95. The van der Waals surface area contributed by atoms with Crippen LogP contribution in [-0.4, -0.2) is 54.1 Å². The number of piperazine rings is 1. The van der Waals surface area contributed by atoms with Crippen LogP contribution in [0, 0.1) is 17.0 Å². The van der Waals surface area contributed by atoms with Gasteiger partial charge in [0, 0.05) is 44.5 Å². The van der Waals surface area contributed by atoms with Gasteiger partial charge in [-0.25, -0.2) is 4.98 Å². The van der Waals surface area contributed by atoms with Gasteiger partial charge in [0.05, 0.1) is 11.0 Å². The van der Waals surface area contributed by atoms with E-state index in [9.17, 15) is 10.1 Å². The Morgan fingerprint density at radius 3 is 2.95 bits per heavy atom. The summed E-state index contributed by atoms with van der Waals surface area (Å²) in [6.45, 7) is 7.81. The number of nitro groups is 1. The van der Waals surface area contributed by atoms with Gasteiger partial charge >= 0.3 is 0 Å². The predicted molar refractivity (Wildman–Crippen MR) is 78.0 cm³/mol. The molecule has 0 spiro atoms. The van der Waals surface area contributed by atoms with Crippen LogP contribution >= 0.6 is 0 Å². The molecule has 7 nitrogen and oxygen atoms in total. The Kier molecular flexibility index (Phi) is 5.25. The van der Waals surface area contributed by atoms with Crippen LogP contribution in [0.4, 0.5) is 11.5 Å². The normalized spacial score (nSPS) is 16.1. The summed E-state index contributed by atoms with van der Waals surface area (Å²) in [7, 11) is 0. The van der Waals surface area contributed by atoms with Gasteiger partial charge in [0.15, 0.2) is 0 Å². The van der Waals surface area contributed by atoms with E-state index in [1.165, 1.54) is 12.3 Å². The predicted octanol–water partition coefficient (Wildman–Crippen LogP) is 1.01. The third-order valence-corrected chi connectivity index (χ3v) is 3.44. The highest BCUT2D eigenvalue weighted by molar-refractivity contribution is 5.48. The first-order chi connectivity index (χ1) is 9.66. The number of rotatable bonds is 6. The van der Waals surface area contributed by atoms with Crippen LogP contribution in [0.5, 0.6) is 0 Å². The van der Waals surface area contributed by atoms with E-state index in [-0.39, 0.29) is 10.6 Å². The van der Waals surface area contributed by atoms with Crippen LogP contribution in [-0.2, 0) is 0 Å². The van der Waals surface area contributed by atoms with Gasteiger partial charge in [0.25, 0.3) is 5.69 Å². The molecule has 2 heterocycles. The molecule has 0 aromatic carbocycles. The molecule has 2 rings (SSSR count). The molecule has 20 heavy (non-hydrogen) atoms. The number of nitrogens with one attached hydrogen (secondary N) is 2. The van der Waals surface area contributed by atoms with E-state index in [2.05, 4.69) is 20.5 Å². The summed E-state index contributed by atoms with van der Waals surface area (Å²) in [5, 5.41) is 17.3. The monoisotopic (exact) mass is 279 g/mol. The number of hydrogen-bond acceptors (Lipinski definition) is 6. The SMILES string of the molecule is Cc1cnc(NCCCN2CCNCC2)cc1[N+](=O)[O-]. The molecule has 1 aromatic rings. The molecule has 0 amide bonds. The maximum absolute atomic E-state index is 10.8. The standard InChI is InChI=1S/C13H21N5O2/c1-11-10-16-13(9-12(11)18(19)20)15-3-2-6-17-7-4-14-5-8-17/h9-10,14H,2-8H2,1H3,(H,15,16). The molecule has 1 aliphatic heterocycles. The second-order valence-corrected chi connectivity index (χ2v) is 4.99. The van der Waals surface area contributed by atoms with Gasteiger partial charge in [0.2, 0.25) is 0 Å². The maximum Gasteiger partial charge on any atom is 0.277 e. The largest absolute Gasteiger partial charge is 0.370 e. The summed E-state index contributed by atoms with van der Waals surface area (Å²) in [4.78, 5) is 17.1. The van der Waals surface area contributed by atoms with Gasteiger partial charge in [-0.05, 0) is 19.9 Å². The van der Waals surface area contributed by atoms with Crippen molar-refractivity contribution in [3.05, 3.63) is 27.9 Å². The molecule has 1 aromatic heterocycles. The average Bonchev–Trinajstić information content (AvgIpc) is 2.46. The summed E-state index contributed by atoms with van der Waals surface area (Å²) in [5.74, 6) is 0.572. The maximum atomic E-state index is 10.8. The summed E-state index contributed by atoms with van der Waals surface area (Å²) < 4.78 is 0. The highest BCUT2D eigenvalue weighted by Crippen LogP contribution is 2.19. The fourth-order valence-electron chi connectivity index (χ4n) is 2.26. The molecule has 1 aliphatic rings. The second kappa shape index (κ2) is 7.16. The lowest BCUT2D eigenvalue weighted by molar-refractivity contribution is -0.385. The molecule has 2 N–H and O–H groups in total. The van der Waals surface area contributed by atoms with Gasteiger partial charge < -0.3 is 15.5 Å². The molecule has 1 fully saturated rings. The van der Waals surface area contributed by atoms with Crippen molar-refractivity contribution in [2.45, 2.75) is 13.3 Å². The van der Waals surface area contributed by atoms with Crippen molar-refractivity contribution in [3.8, 4) is 0 Å². The first-order valence-corrected chi connectivity index (χ1v) is 6.95. The van der Waals surface area contributed by atoms with Crippen LogP contribution in [0.2, 0.25) is 0 Å². The topological polar surface area (TPSA) is 83.3 Å². The Balaban J connectivity index is 1.76. The zero-order chi connectivity index (χ0) is 14.4. The molecule has 0 atom stereocenters. The minimum atomic E-state index is -0.372. The van der Waals surface area contributed by atoms with Crippen molar-refractivity contribution < 1.29 is 4.92 Å². The van der Waals surface area contributed by atoms with Crippen molar-refractivity contribution >= 4 is 11.5 Å². The summed E-state index contributed by atoms with van der Waals surface area (Å²) in [5.41, 5.74) is 0.700. The zero-order valence-electron chi connectivity index (χ0n) is 11.8. The average molecular weight is 279 g/mol. The first kappa shape index (κ1) is 14.7. The number of anilines is 1. The lowest BCUT2D eigenvalue weighted by atomic mass is 10.2. The third-order valence-electron chi connectivity index (χ3n) is 3.44. The van der Waals surface area contributed by atoms with E-state index in [0.717, 1.165) is 45.7 Å². The molecule has 110 valence electrons. The van der Waals surface area contributed by atoms with E-state index >= 15 is 0 Å². The van der Waals surface area contributed by atoms with E-state index in [4.69, 9.17) is 0 Å². The number of nitrogens with zero attached hydrogens (tertiary/aromatic N) is 3. The lowest BCUT2D eigenvalue weighted by Crippen LogP contribution is -2.44. The fraction of sp³-hybridized carbons (Fsp3) is 0.615. The van der Waals surface area contributed by atoms with E-state index < -0.39 is 0 Å². The van der Waals surface area contributed by atoms with Crippen molar-refractivity contribution in [2.75, 3.05) is 44.6 Å². The number of pyridine rings is 1. The zero-order valence-corrected chi connectivity index (χ0v) is 11.8. The summed E-state index contributed by atoms with van der Waals surface area (Å²) in [6, 6.07) is 1.50. The highest BCUT2D eigenvalue weighted by Gasteiger charge is 2.12. The molecule has 0 aliphatic carbocycles. The molecule has 0 radical (unpaired) electrons. The smallest absolute Gasteiger partial charge is 0.277 e. The Hall–Kier alpha value is -1.73. The van der Waals surface area contributed by atoms with Crippen LogP contribution < -0.4 is 10.6 Å².